The lowest BCUT2D eigenvalue weighted by Gasteiger charge is -2.24. The molecule has 1 nitrogen and oxygen atoms in total. The van der Waals surface area contributed by atoms with Crippen molar-refractivity contribution < 1.29 is 0 Å². The molecule has 1 unspecified atom stereocenters. The van der Waals surface area contributed by atoms with Crippen LogP contribution in [0, 0.1) is 5.92 Å². The number of hydrogen-bond acceptors (Lipinski definition) is 1. The zero-order valence-corrected chi connectivity index (χ0v) is 7.01. The van der Waals surface area contributed by atoms with Gasteiger partial charge in [-0.2, -0.15) is 0 Å². The van der Waals surface area contributed by atoms with Gasteiger partial charge >= 0.3 is 0 Å². The van der Waals surface area contributed by atoms with E-state index in [1.165, 1.54) is 19.4 Å². The van der Waals surface area contributed by atoms with Gasteiger partial charge in [-0.1, -0.05) is 25.5 Å². The Balaban J connectivity index is 2.32. The lowest BCUT2D eigenvalue weighted by atomic mass is 10.0. The average molecular weight is 139 g/mol. The van der Waals surface area contributed by atoms with Crippen LogP contribution < -0.4 is 0 Å². The molecule has 1 rings (SSSR count). The summed E-state index contributed by atoms with van der Waals surface area (Å²) < 4.78 is 0. The number of hydrogen-bond donors (Lipinski definition) is 0. The summed E-state index contributed by atoms with van der Waals surface area (Å²) in [6.07, 6.45) is 7.30. The second kappa shape index (κ2) is 3.77. The van der Waals surface area contributed by atoms with E-state index in [1.54, 1.807) is 0 Å². The highest BCUT2D eigenvalue weighted by molar-refractivity contribution is 4.95. The first-order chi connectivity index (χ1) is 4.83. The van der Waals surface area contributed by atoms with Crippen molar-refractivity contribution in [2.24, 2.45) is 5.92 Å². The first-order valence-corrected chi connectivity index (χ1v) is 4.18. The predicted molar refractivity (Wildman–Crippen MR) is 45.0 cm³/mol. The van der Waals surface area contributed by atoms with Gasteiger partial charge < -0.3 is 4.90 Å². The normalized spacial score (nSPS) is 27.2. The third kappa shape index (κ3) is 2.14. The van der Waals surface area contributed by atoms with Crippen LogP contribution in [0.1, 0.15) is 19.8 Å². The van der Waals surface area contributed by atoms with Gasteiger partial charge in [0.05, 0.1) is 0 Å². The molecule has 1 atom stereocenters. The van der Waals surface area contributed by atoms with E-state index in [2.05, 4.69) is 31.0 Å². The Morgan fingerprint density at radius 1 is 1.60 bits per heavy atom. The van der Waals surface area contributed by atoms with Gasteiger partial charge in [0.1, 0.15) is 0 Å². The Kier molecular flexibility index (Phi) is 2.94. The predicted octanol–water partition coefficient (Wildman–Crippen LogP) is 1.90. The first kappa shape index (κ1) is 7.80. The molecule has 0 spiro atoms. The molecule has 10 heavy (non-hydrogen) atoms. The Hall–Kier alpha value is -0.300. The van der Waals surface area contributed by atoms with Gasteiger partial charge in [-0.15, -0.1) is 0 Å². The Labute approximate surface area is 63.7 Å². The van der Waals surface area contributed by atoms with Gasteiger partial charge in [0.2, 0.25) is 0 Å². The molecule has 1 heteroatoms. The van der Waals surface area contributed by atoms with Crippen molar-refractivity contribution in [1.82, 2.24) is 4.90 Å². The van der Waals surface area contributed by atoms with E-state index in [9.17, 15) is 0 Å². The maximum Gasteiger partial charge on any atom is 0.0160 e. The molecule has 0 fully saturated rings. The quantitative estimate of drug-likeness (QED) is 0.528. The maximum atomic E-state index is 2.38. The van der Waals surface area contributed by atoms with Crippen LogP contribution in [0.4, 0.5) is 0 Å². The summed E-state index contributed by atoms with van der Waals surface area (Å²) in [5, 5.41) is 0. The van der Waals surface area contributed by atoms with Crippen molar-refractivity contribution in [2.75, 3.05) is 20.1 Å². The molecule has 0 aromatic carbocycles. The van der Waals surface area contributed by atoms with Crippen LogP contribution in [0.3, 0.4) is 0 Å². The molecule has 0 saturated carbocycles. The van der Waals surface area contributed by atoms with E-state index in [1.807, 2.05) is 0 Å². The number of likely N-dealkylation sites (N-methyl/N-ethyl adjacent to an activating group) is 1. The molecule has 1 aliphatic heterocycles. The SMILES string of the molecule is CCCC1C=CCN(C)C1. The van der Waals surface area contributed by atoms with Gasteiger partial charge in [-0.05, 0) is 19.4 Å². The summed E-state index contributed by atoms with van der Waals surface area (Å²) in [6.45, 7) is 4.65. The second-order valence-electron chi connectivity index (χ2n) is 3.20. The maximum absolute atomic E-state index is 2.38. The van der Waals surface area contributed by atoms with Crippen LogP contribution in [0.25, 0.3) is 0 Å². The van der Waals surface area contributed by atoms with Crippen LogP contribution in [-0.2, 0) is 0 Å². The van der Waals surface area contributed by atoms with Crippen LogP contribution >= 0.6 is 0 Å². The molecular weight excluding hydrogens is 122 g/mol. The van der Waals surface area contributed by atoms with Gasteiger partial charge in [0.15, 0.2) is 0 Å². The van der Waals surface area contributed by atoms with Gasteiger partial charge in [0.25, 0.3) is 0 Å². The summed E-state index contributed by atoms with van der Waals surface area (Å²) in [7, 11) is 2.19. The van der Waals surface area contributed by atoms with E-state index < -0.39 is 0 Å². The fraction of sp³-hybridized carbons (Fsp3) is 0.778. The minimum atomic E-state index is 0.823. The van der Waals surface area contributed by atoms with Crippen molar-refractivity contribution >= 4 is 0 Å². The van der Waals surface area contributed by atoms with Crippen molar-refractivity contribution in [1.29, 1.82) is 0 Å². The van der Waals surface area contributed by atoms with Crippen molar-refractivity contribution in [3.8, 4) is 0 Å². The summed E-state index contributed by atoms with van der Waals surface area (Å²) >= 11 is 0. The summed E-state index contributed by atoms with van der Waals surface area (Å²) in [5.41, 5.74) is 0. The number of rotatable bonds is 2. The fourth-order valence-corrected chi connectivity index (χ4v) is 1.53. The first-order valence-electron chi connectivity index (χ1n) is 4.18. The molecule has 1 aliphatic rings. The highest BCUT2D eigenvalue weighted by Crippen LogP contribution is 2.12. The van der Waals surface area contributed by atoms with Gasteiger partial charge in [-0.25, -0.2) is 0 Å². The standard InChI is InChI=1S/C9H17N/c1-3-5-9-6-4-7-10(2)8-9/h4,6,9H,3,5,7-8H2,1-2H3. The smallest absolute Gasteiger partial charge is 0.0160 e. The molecule has 0 aromatic rings. The van der Waals surface area contributed by atoms with E-state index in [0.717, 1.165) is 12.5 Å². The number of nitrogens with zero attached hydrogens (tertiary/aromatic N) is 1. The van der Waals surface area contributed by atoms with Gasteiger partial charge in [0, 0.05) is 13.1 Å². The highest BCUT2D eigenvalue weighted by atomic mass is 15.1. The topological polar surface area (TPSA) is 3.24 Å². The molecule has 1 heterocycles. The minimum absolute atomic E-state index is 0.823. The molecule has 0 N–H and O–H groups in total. The highest BCUT2D eigenvalue weighted by Gasteiger charge is 2.09. The zero-order chi connectivity index (χ0) is 7.40. The lowest BCUT2D eigenvalue weighted by Crippen LogP contribution is -2.28. The molecule has 0 aliphatic carbocycles. The summed E-state index contributed by atoms with van der Waals surface area (Å²) in [4.78, 5) is 2.38. The monoisotopic (exact) mass is 139 g/mol. The van der Waals surface area contributed by atoms with E-state index in [4.69, 9.17) is 0 Å². The second-order valence-corrected chi connectivity index (χ2v) is 3.20. The molecule has 0 aromatic heterocycles. The van der Waals surface area contributed by atoms with E-state index >= 15 is 0 Å². The van der Waals surface area contributed by atoms with Crippen molar-refractivity contribution in [2.45, 2.75) is 19.8 Å². The third-order valence-corrected chi connectivity index (χ3v) is 2.03. The summed E-state index contributed by atoms with van der Waals surface area (Å²) in [5.74, 6) is 0.823. The molecule has 0 saturated heterocycles. The molecular formula is C9H17N. The van der Waals surface area contributed by atoms with Crippen LogP contribution in [0.2, 0.25) is 0 Å². The molecule has 58 valence electrons. The summed E-state index contributed by atoms with van der Waals surface area (Å²) in [6, 6.07) is 0. The molecule has 0 bridgehead atoms. The third-order valence-electron chi connectivity index (χ3n) is 2.03. The Morgan fingerprint density at radius 2 is 2.40 bits per heavy atom. The fourth-order valence-electron chi connectivity index (χ4n) is 1.53. The van der Waals surface area contributed by atoms with Crippen molar-refractivity contribution in [3.05, 3.63) is 12.2 Å². The van der Waals surface area contributed by atoms with Crippen molar-refractivity contribution in [3.63, 3.8) is 0 Å². The Bertz CT molecular complexity index is 118. The zero-order valence-electron chi connectivity index (χ0n) is 7.01. The van der Waals surface area contributed by atoms with E-state index in [-0.39, 0.29) is 0 Å². The van der Waals surface area contributed by atoms with Crippen LogP contribution in [0.5, 0.6) is 0 Å². The lowest BCUT2D eigenvalue weighted by molar-refractivity contribution is 0.303. The minimum Gasteiger partial charge on any atom is -0.302 e. The molecule has 0 amide bonds. The van der Waals surface area contributed by atoms with E-state index in [0.29, 0.717) is 0 Å². The Morgan fingerprint density at radius 3 is 3.00 bits per heavy atom. The average Bonchev–Trinajstić information content (AvgIpc) is 1.88. The van der Waals surface area contributed by atoms with Crippen LogP contribution in [0.15, 0.2) is 12.2 Å². The van der Waals surface area contributed by atoms with Crippen LogP contribution in [-0.4, -0.2) is 25.0 Å². The van der Waals surface area contributed by atoms with Gasteiger partial charge in [-0.3, -0.25) is 0 Å². The molecule has 0 radical (unpaired) electrons. The largest absolute Gasteiger partial charge is 0.302 e.